The van der Waals surface area contributed by atoms with Crippen LogP contribution in [0.4, 0.5) is 28.9 Å². The number of anilines is 2. The van der Waals surface area contributed by atoms with Crippen LogP contribution in [0.15, 0.2) is 90.2 Å². The maximum atomic E-state index is 15.1. The number of nitrogen functional groups attached to an aromatic ring is 1. The molecule has 3 aromatic carbocycles. The maximum absolute atomic E-state index is 15.1. The number of amidine groups is 1. The summed E-state index contributed by atoms with van der Waals surface area (Å²) in [5, 5.41) is 13.9. The van der Waals surface area contributed by atoms with Crippen molar-refractivity contribution in [1.82, 2.24) is 5.32 Å². The van der Waals surface area contributed by atoms with E-state index in [1.165, 1.54) is 37.1 Å². The summed E-state index contributed by atoms with van der Waals surface area (Å²) in [5.74, 6) is -1.33. The van der Waals surface area contributed by atoms with E-state index >= 15 is 4.39 Å². The molecule has 10 heteroatoms. The van der Waals surface area contributed by atoms with Gasteiger partial charge in [0, 0.05) is 18.3 Å². The van der Waals surface area contributed by atoms with E-state index in [0.717, 1.165) is 31.0 Å². The van der Waals surface area contributed by atoms with E-state index in [0.29, 0.717) is 34.4 Å². The quantitative estimate of drug-likeness (QED) is 0.0635. The van der Waals surface area contributed by atoms with Crippen LogP contribution < -0.4 is 21.3 Å². The van der Waals surface area contributed by atoms with Crippen LogP contribution in [0, 0.1) is 24.1 Å². The van der Waals surface area contributed by atoms with Gasteiger partial charge in [-0.15, -0.1) is 0 Å². The first-order chi connectivity index (χ1) is 20.4. The van der Waals surface area contributed by atoms with Crippen molar-refractivity contribution in [3.63, 3.8) is 0 Å². The molecular formula is C33H35F4N5O. The Morgan fingerprint density at radius 2 is 1.79 bits per heavy atom. The summed E-state index contributed by atoms with van der Waals surface area (Å²) < 4.78 is 56.5. The Bertz CT molecular complexity index is 1540. The molecule has 0 bridgehead atoms. The van der Waals surface area contributed by atoms with Crippen molar-refractivity contribution in [3.8, 4) is 0 Å². The molecule has 4 rings (SSSR count). The first-order valence-corrected chi connectivity index (χ1v) is 13.9. The highest BCUT2D eigenvalue weighted by atomic mass is 19.4. The van der Waals surface area contributed by atoms with Crippen LogP contribution in [0.2, 0.25) is 0 Å². The standard InChI is InChI=1S/C33H35F4N5O/c1-4-24(33(35,36)37)17-29(42(3)25-14-10-20(2)26(18-25)31(38)39)32(43)41-28-16-23(13-15-27(28)34)30(40-19-21-11-12-21)22-8-6-5-7-9-22/h4-10,13-18,21,30,40H,11-12,19H2,1-3H3,(H3,38,39)(H,41,43)/b24-4-,29-17-. The van der Waals surface area contributed by atoms with Gasteiger partial charge in [-0.1, -0.05) is 48.5 Å². The van der Waals surface area contributed by atoms with Crippen molar-refractivity contribution < 1.29 is 22.4 Å². The van der Waals surface area contributed by atoms with Crippen molar-refractivity contribution in [2.24, 2.45) is 11.7 Å². The monoisotopic (exact) mass is 593 g/mol. The molecule has 5 N–H and O–H groups in total. The zero-order chi connectivity index (χ0) is 31.3. The van der Waals surface area contributed by atoms with Gasteiger partial charge in [-0.05, 0) is 86.2 Å². The molecule has 0 spiro atoms. The topological polar surface area (TPSA) is 94.2 Å². The molecule has 1 fully saturated rings. The summed E-state index contributed by atoms with van der Waals surface area (Å²) in [7, 11) is 1.42. The summed E-state index contributed by atoms with van der Waals surface area (Å²) in [5.41, 5.74) is 7.10. The third-order valence-electron chi connectivity index (χ3n) is 7.44. The fourth-order valence-corrected chi connectivity index (χ4v) is 4.72. The summed E-state index contributed by atoms with van der Waals surface area (Å²) in [6.07, 6.45) is -0.880. The van der Waals surface area contributed by atoms with Crippen LogP contribution >= 0.6 is 0 Å². The van der Waals surface area contributed by atoms with Crippen molar-refractivity contribution in [2.45, 2.75) is 38.9 Å². The van der Waals surface area contributed by atoms with E-state index in [-0.39, 0.29) is 23.3 Å². The van der Waals surface area contributed by atoms with E-state index in [1.54, 1.807) is 25.1 Å². The molecule has 1 saturated carbocycles. The molecule has 1 aliphatic carbocycles. The SMILES string of the molecule is C/C=C(/C=C(/C(=O)Nc1cc(C(NCC2CC2)c2ccccc2)ccc1F)N(C)c1ccc(C)c(C(=N)N)c1)C(F)(F)F. The molecule has 1 amide bonds. The van der Waals surface area contributed by atoms with Gasteiger partial charge in [0.1, 0.15) is 17.3 Å². The fourth-order valence-electron chi connectivity index (χ4n) is 4.72. The lowest BCUT2D eigenvalue weighted by Crippen LogP contribution is -2.30. The van der Waals surface area contributed by atoms with Crippen molar-refractivity contribution in [3.05, 3.63) is 118 Å². The van der Waals surface area contributed by atoms with Gasteiger partial charge in [0.15, 0.2) is 0 Å². The largest absolute Gasteiger partial charge is 0.416 e. The van der Waals surface area contributed by atoms with Gasteiger partial charge in [0.25, 0.3) is 5.91 Å². The van der Waals surface area contributed by atoms with Gasteiger partial charge in [-0.2, -0.15) is 13.2 Å². The average Bonchev–Trinajstić information content (AvgIpc) is 3.79. The molecule has 43 heavy (non-hydrogen) atoms. The Balaban J connectivity index is 1.72. The number of hydrogen-bond acceptors (Lipinski definition) is 4. The highest BCUT2D eigenvalue weighted by Gasteiger charge is 2.33. The third-order valence-corrected chi connectivity index (χ3v) is 7.44. The van der Waals surface area contributed by atoms with Crippen molar-refractivity contribution in [1.29, 1.82) is 5.41 Å². The number of alkyl halides is 3. The number of aryl methyl sites for hydroxylation is 1. The summed E-state index contributed by atoms with van der Waals surface area (Å²) in [6.45, 7) is 3.73. The fraction of sp³-hybridized carbons (Fsp3) is 0.273. The molecule has 1 aliphatic rings. The lowest BCUT2D eigenvalue weighted by molar-refractivity contribution is -0.113. The van der Waals surface area contributed by atoms with Crippen molar-refractivity contribution in [2.75, 3.05) is 23.8 Å². The van der Waals surface area contributed by atoms with Gasteiger partial charge in [0.05, 0.1) is 17.3 Å². The van der Waals surface area contributed by atoms with Crippen LogP contribution in [-0.4, -0.2) is 31.5 Å². The van der Waals surface area contributed by atoms with Crippen LogP contribution in [0.25, 0.3) is 0 Å². The zero-order valence-corrected chi connectivity index (χ0v) is 24.2. The predicted octanol–water partition coefficient (Wildman–Crippen LogP) is 6.97. The number of rotatable bonds is 11. The molecule has 0 aliphatic heterocycles. The van der Waals surface area contributed by atoms with Crippen LogP contribution in [-0.2, 0) is 4.79 Å². The number of hydrogen-bond donors (Lipinski definition) is 4. The number of amides is 1. The number of likely N-dealkylation sites (N-methyl/N-ethyl adjacent to an activating group) is 1. The first-order valence-electron chi connectivity index (χ1n) is 13.9. The number of carbonyl (C=O) groups is 1. The number of halogens is 4. The summed E-state index contributed by atoms with van der Waals surface area (Å²) in [6, 6.07) is 18.5. The van der Waals surface area contributed by atoms with E-state index in [4.69, 9.17) is 11.1 Å². The number of carbonyl (C=O) groups excluding carboxylic acids is 1. The van der Waals surface area contributed by atoms with Crippen LogP contribution in [0.3, 0.4) is 0 Å². The second-order valence-electron chi connectivity index (χ2n) is 10.6. The maximum Gasteiger partial charge on any atom is 0.416 e. The second kappa shape index (κ2) is 13.2. The minimum Gasteiger partial charge on any atom is -0.384 e. The Morgan fingerprint density at radius 1 is 1.09 bits per heavy atom. The number of nitrogens with zero attached hydrogens (tertiary/aromatic N) is 1. The van der Waals surface area contributed by atoms with Gasteiger partial charge in [-0.25, -0.2) is 4.39 Å². The number of benzene rings is 3. The van der Waals surface area contributed by atoms with Crippen LogP contribution in [0.5, 0.6) is 0 Å². The minimum atomic E-state index is -4.74. The van der Waals surface area contributed by atoms with Crippen molar-refractivity contribution >= 4 is 23.1 Å². The van der Waals surface area contributed by atoms with Gasteiger partial charge < -0.3 is 21.3 Å². The number of allylic oxidation sites excluding steroid dienone is 3. The number of nitrogens with one attached hydrogen (secondary N) is 3. The molecule has 1 unspecified atom stereocenters. The Hall–Kier alpha value is -4.44. The number of nitrogens with two attached hydrogens (primary N) is 1. The highest BCUT2D eigenvalue weighted by molar-refractivity contribution is 6.07. The Morgan fingerprint density at radius 3 is 2.40 bits per heavy atom. The summed E-state index contributed by atoms with van der Waals surface area (Å²) >= 11 is 0. The molecule has 226 valence electrons. The zero-order valence-electron chi connectivity index (χ0n) is 24.2. The van der Waals surface area contributed by atoms with E-state index < -0.39 is 23.5 Å². The molecule has 6 nitrogen and oxygen atoms in total. The third kappa shape index (κ3) is 7.90. The molecule has 0 radical (unpaired) electrons. The molecular weight excluding hydrogens is 558 g/mol. The highest BCUT2D eigenvalue weighted by Crippen LogP contribution is 2.33. The lowest BCUT2D eigenvalue weighted by atomic mass is 9.97. The molecule has 0 heterocycles. The molecule has 1 atom stereocenters. The predicted molar refractivity (Wildman–Crippen MR) is 163 cm³/mol. The first kappa shape index (κ1) is 31.5. The van der Waals surface area contributed by atoms with Gasteiger partial charge in [-0.3, -0.25) is 10.2 Å². The van der Waals surface area contributed by atoms with Crippen LogP contribution in [0.1, 0.15) is 48.1 Å². The normalized spacial score (nSPS) is 14.8. The second-order valence-corrected chi connectivity index (χ2v) is 10.6. The molecule has 0 aromatic heterocycles. The minimum absolute atomic E-state index is 0.168. The van der Waals surface area contributed by atoms with Gasteiger partial charge in [0.2, 0.25) is 0 Å². The smallest absolute Gasteiger partial charge is 0.384 e. The van der Waals surface area contributed by atoms with E-state index in [9.17, 15) is 18.0 Å². The van der Waals surface area contributed by atoms with E-state index in [1.807, 2.05) is 30.3 Å². The van der Waals surface area contributed by atoms with E-state index in [2.05, 4.69) is 10.6 Å². The Labute approximate surface area is 248 Å². The Kier molecular flexibility index (Phi) is 9.70. The molecule has 0 saturated heterocycles. The average molecular weight is 594 g/mol. The lowest BCUT2D eigenvalue weighted by Gasteiger charge is -2.25. The van der Waals surface area contributed by atoms with Gasteiger partial charge >= 0.3 is 6.18 Å². The summed E-state index contributed by atoms with van der Waals surface area (Å²) in [4.78, 5) is 14.9. The molecule has 3 aromatic rings.